The summed E-state index contributed by atoms with van der Waals surface area (Å²) in [6.45, 7) is 2.03. The number of hydrogen-bond donors (Lipinski definition) is 1. The van der Waals surface area contributed by atoms with Crippen LogP contribution in [-0.2, 0) is 0 Å². The molecule has 0 unspecified atom stereocenters. The second kappa shape index (κ2) is 8.33. The van der Waals surface area contributed by atoms with Crippen molar-refractivity contribution in [1.29, 1.82) is 0 Å². The predicted octanol–water partition coefficient (Wildman–Crippen LogP) is 5.26. The van der Waals surface area contributed by atoms with Crippen LogP contribution in [0.5, 0.6) is 0 Å². The van der Waals surface area contributed by atoms with Crippen molar-refractivity contribution >= 4 is 38.5 Å². The van der Waals surface area contributed by atoms with Gasteiger partial charge in [-0.1, -0.05) is 48.8 Å². The van der Waals surface area contributed by atoms with E-state index in [0.717, 1.165) is 41.5 Å². The number of carbonyl (C=O) groups excluding carboxylic acids is 2. The second-order valence-corrected chi connectivity index (χ2v) is 8.73. The molecule has 4 rings (SSSR count). The number of aromatic nitrogens is 1. The van der Waals surface area contributed by atoms with Crippen LogP contribution >= 0.6 is 11.3 Å². The zero-order valence-corrected chi connectivity index (χ0v) is 17.6. The lowest BCUT2D eigenvalue weighted by molar-refractivity contribution is 0.0692. The minimum absolute atomic E-state index is 0.0948. The molecule has 3 aromatic rings. The highest BCUT2D eigenvalue weighted by Gasteiger charge is 2.26. The van der Waals surface area contributed by atoms with Crippen molar-refractivity contribution in [3.8, 4) is 0 Å². The summed E-state index contributed by atoms with van der Waals surface area (Å²) < 4.78 is 1.03. The number of nitrogens with one attached hydrogen (secondary N) is 1. The van der Waals surface area contributed by atoms with Gasteiger partial charge in [0, 0.05) is 13.1 Å². The van der Waals surface area contributed by atoms with Crippen molar-refractivity contribution < 1.29 is 9.59 Å². The first-order valence-electron chi connectivity index (χ1n) is 10.1. The van der Waals surface area contributed by atoms with Crippen molar-refractivity contribution in [3.63, 3.8) is 0 Å². The number of rotatable bonds is 4. The first-order chi connectivity index (χ1) is 14.0. The highest BCUT2D eigenvalue weighted by atomic mass is 32.1. The number of amides is 2. The zero-order valence-electron chi connectivity index (χ0n) is 16.8. The van der Waals surface area contributed by atoms with E-state index >= 15 is 0 Å². The fourth-order valence-electron chi connectivity index (χ4n) is 3.94. The smallest absolute Gasteiger partial charge is 0.258 e. The Hall–Kier alpha value is -2.73. The van der Waals surface area contributed by atoms with E-state index < -0.39 is 0 Å². The zero-order chi connectivity index (χ0) is 20.4. The summed E-state index contributed by atoms with van der Waals surface area (Å²) in [5.41, 5.74) is 2.84. The van der Waals surface area contributed by atoms with Gasteiger partial charge in [-0.05, 0) is 49.6 Å². The molecule has 0 aliphatic heterocycles. The summed E-state index contributed by atoms with van der Waals surface area (Å²) in [6.07, 6.45) is 5.60. The predicted molar refractivity (Wildman–Crippen MR) is 118 cm³/mol. The van der Waals surface area contributed by atoms with Gasteiger partial charge in [0.2, 0.25) is 0 Å². The van der Waals surface area contributed by atoms with E-state index in [1.807, 2.05) is 31.0 Å². The number of aryl methyl sites for hydroxylation is 1. The Morgan fingerprint density at radius 1 is 1.07 bits per heavy atom. The van der Waals surface area contributed by atoms with E-state index in [9.17, 15) is 9.59 Å². The topological polar surface area (TPSA) is 62.3 Å². The standard InChI is InChI=1S/C23H25N3O2S/c1-15-12-13-19-20(14-15)29-23(24-19)25-21(27)17-10-6-7-11-18(17)22(28)26(2)16-8-4-3-5-9-16/h6-7,10-14,16H,3-5,8-9H2,1-2H3,(H,24,25,27). The third-order valence-corrected chi connectivity index (χ3v) is 6.54. The molecular weight excluding hydrogens is 382 g/mol. The highest BCUT2D eigenvalue weighted by Crippen LogP contribution is 2.28. The summed E-state index contributed by atoms with van der Waals surface area (Å²) in [6, 6.07) is 13.3. The van der Waals surface area contributed by atoms with Crippen LogP contribution in [0.2, 0.25) is 0 Å². The van der Waals surface area contributed by atoms with E-state index in [2.05, 4.69) is 16.4 Å². The van der Waals surface area contributed by atoms with E-state index in [1.54, 1.807) is 24.3 Å². The average Bonchev–Trinajstić information content (AvgIpc) is 3.14. The highest BCUT2D eigenvalue weighted by molar-refractivity contribution is 7.22. The lowest BCUT2D eigenvalue weighted by Crippen LogP contribution is -2.39. The summed E-state index contributed by atoms with van der Waals surface area (Å²) >= 11 is 1.44. The monoisotopic (exact) mass is 407 g/mol. The molecule has 5 nitrogen and oxygen atoms in total. The number of carbonyl (C=O) groups is 2. The van der Waals surface area contributed by atoms with E-state index in [0.29, 0.717) is 16.3 Å². The molecule has 1 heterocycles. The van der Waals surface area contributed by atoms with Crippen LogP contribution in [0.1, 0.15) is 58.4 Å². The van der Waals surface area contributed by atoms with Gasteiger partial charge in [0.1, 0.15) is 0 Å². The van der Waals surface area contributed by atoms with Crippen molar-refractivity contribution in [3.05, 3.63) is 59.2 Å². The molecule has 1 fully saturated rings. The molecular formula is C23H25N3O2S. The maximum absolute atomic E-state index is 13.1. The van der Waals surface area contributed by atoms with Crippen LogP contribution in [0.25, 0.3) is 10.2 Å². The Morgan fingerprint density at radius 3 is 2.55 bits per heavy atom. The van der Waals surface area contributed by atoms with Gasteiger partial charge in [0.05, 0.1) is 21.3 Å². The van der Waals surface area contributed by atoms with Crippen LogP contribution in [-0.4, -0.2) is 34.8 Å². The van der Waals surface area contributed by atoms with Crippen molar-refractivity contribution in [2.45, 2.75) is 45.1 Å². The molecule has 1 saturated carbocycles. The molecule has 2 aromatic carbocycles. The molecule has 0 bridgehead atoms. The Labute approximate surface area is 174 Å². The minimum Gasteiger partial charge on any atom is -0.339 e. The largest absolute Gasteiger partial charge is 0.339 e. The van der Waals surface area contributed by atoms with Gasteiger partial charge in [-0.2, -0.15) is 0 Å². The van der Waals surface area contributed by atoms with E-state index in [-0.39, 0.29) is 17.9 Å². The van der Waals surface area contributed by atoms with Gasteiger partial charge >= 0.3 is 0 Å². The molecule has 0 saturated heterocycles. The fourth-order valence-corrected chi connectivity index (χ4v) is 4.90. The molecule has 1 aromatic heterocycles. The number of nitrogens with zero attached hydrogens (tertiary/aromatic N) is 2. The Morgan fingerprint density at radius 2 is 1.79 bits per heavy atom. The first kappa shape index (κ1) is 19.6. The maximum Gasteiger partial charge on any atom is 0.258 e. The number of hydrogen-bond acceptors (Lipinski definition) is 4. The van der Waals surface area contributed by atoms with Crippen LogP contribution in [0.15, 0.2) is 42.5 Å². The SMILES string of the molecule is Cc1ccc2nc(NC(=O)c3ccccc3C(=O)N(C)C3CCCCC3)sc2c1. The maximum atomic E-state index is 13.1. The number of fused-ring (bicyclic) bond motifs is 1. The third-order valence-electron chi connectivity index (χ3n) is 5.61. The Kier molecular flexibility index (Phi) is 5.62. The average molecular weight is 408 g/mol. The van der Waals surface area contributed by atoms with Crippen molar-refractivity contribution in [1.82, 2.24) is 9.88 Å². The number of anilines is 1. The molecule has 2 amide bonds. The van der Waals surface area contributed by atoms with Gasteiger partial charge in [-0.25, -0.2) is 4.98 Å². The molecule has 0 spiro atoms. The van der Waals surface area contributed by atoms with Crippen molar-refractivity contribution in [2.24, 2.45) is 0 Å². The lowest BCUT2D eigenvalue weighted by atomic mass is 9.93. The molecule has 1 aliphatic carbocycles. The lowest BCUT2D eigenvalue weighted by Gasteiger charge is -2.31. The molecule has 1 N–H and O–H groups in total. The minimum atomic E-state index is -0.304. The second-order valence-electron chi connectivity index (χ2n) is 7.70. The Balaban J connectivity index is 1.56. The van der Waals surface area contributed by atoms with Gasteiger partial charge in [0.15, 0.2) is 5.13 Å². The van der Waals surface area contributed by atoms with Crippen LogP contribution in [0.4, 0.5) is 5.13 Å². The summed E-state index contributed by atoms with van der Waals surface area (Å²) in [4.78, 5) is 32.4. The Bertz CT molecular complexity index is 1050. The molecule has 0 radical (unpaired) electrons. The summed E-state index contributed by atoms with van der Waals surface area (Å²) in [5.74, 6) is -0.399. The van der Waals surface area contributed by atoms with E-state index in [1.165, 1.54) is 17.8 Å². The molecule has 29 heavy (non-hydrogen) atoms. The number of thiazole rings is 1. The first-order valence-corrected chi connectivity index (χ1v) is 10.9. The van der Waals surface area contributed by atoms with E-state index in [4.69, 9.17) is 0 Å². The van der Waals surface area contributed by atoms with Crippen LogP contribution < -0.4 is 5.32 Å². The molecule has 150 valence electrons. The molecule has 1 aliphatic rings. The van der Waals surface area contributed by atoms with Gasteiger partial charge in [-0.15, -0.1) is 0 Å². The summed E-state index contributed by atoms with van der Waals surface area (Å²) in [7, 11) is 1.85. The van der Waals surface area contributed by atoms with Crippen LogP contribution in [0.3, 0.4) is 0 Å². The van der Waals surface area contributed by atoms with Gasteiger partial charge in [0.25, 0.3) is 11.8 Å². The molecule has 6 heteroatoms. The third kappa shape index (κ3) is 4.17. The van der Waals surface area contributed by atoms with Crippen molar-refractivity contribution in [2.75, 3.05) is 12.4 Å². The normalized spacial score (nSPS) is 14.7. The number of benzene rings is 2. The van der Waals surface area contributed by atoms with Crippen LogP contribution in [0, 0.1) is 6.92 Å². The molecule has 0 atom stereocenters. The van der Waals surface area contributed by atoms with Gasteiger partial charge < -0.3 is 4.90 Å². The summed E-state index contributed by atoms with van der Waals surface area (Å²) in [5, 5.41) is 3.42. The van der Waals surface area contributed by atoms with Gasteiger partial charge in [-0.3, -0.25) is 14.9 Å². The fraction of sp³-hybridized carbons (Fsp3) is 0.348. The quantitative estimate of drug-likeness (QED) is 0.641.